The molecule has 0 fully saturated rings. The summed E-state index contributed by atoms with van der Waals surface area (Å²) in [5.74, 6) is 0.806. The Kier molecular flexibility index (Phi) is 5.07. The molecule has 8 nitrogen and oxygen atoms in total. The van der Waals surface area contributed by atoms with Gasteiger partial charge in [-0.15, -0.1) is 0 Å². The molecule has 156 valence electrons. The van der Waals surface area contributed by atoms with Crippen LogP contribution in [0.4, 0.5) is 0 Å². The molecule has 1 N–H and O–H groups in total. The van der Waals surface area contributed by atoms with E-state index in [1.165, 1.54) is 4.57 Å². The van der Waals surface area contributed by atoms with E-state index in [0.29, 0.717) is 29.3 Å². The standard InChI is InChI=1S/C22H24N4O4/c1-13-7-8-25(17-5-6-18-19(10-17)30-12-29-18)22(28)20(13)21(27)23-15(3)11-26-16(4)9-14(2)24-26/h5-10,15H,11-12H2,1-4H3,(H,23,27). The van der Waals surface area contributed by atoms with E-state index in [4.69, 9.17) is 9.47 Å². The molecule has 1 aromatic carbocycles. The molecule has 1 aliphatic heterocycles. The Hall–Kier alpha value is -3.55. The van der Waals surface area contributed by atoms with Crippen molar-refractivity contribution >= 4 is 5.91 Å². The summed E-state index contributed by atoms with van der Waals surface area (Å²) < 4.78 is 14.0. The van der Waals surface area contributed by atoms with E-state index in [0.717, 1.165) is 11.4 Å². The topological polar surface area (TPSA) is 87.4 Å². The van der Waals surface area contributed by atoms with Gasteiger partial charge in [0.15, 0.2) is 11.5 Å². The van der Waals surface area contributed by atoms with E-state index in [2.05, 4.69) is 10.4 Å². The largest absolute Gasteiger partial charge is 0.454 e. The number of aryl methyl sites for hydroxylation is 3. The summed E-state index contributed by atoms with van der Waals surface area (Å²) in [7, 11) is 0. The Morgan fingerprint density at radius 2 is 1.93 bits per heavy atom. The lowest BCUT2D eigenvalue weighted by Gasteiger charge is -2.16. The van der Waals surface area contributed by atoms with Crippen molar-refractivity contribution < 1.29 is 14.3 Å². The zero-order valence-corrected chi connectivity index (χ0v) is 17.4. The van der Waals surface area contributed by atoms with Crippen molar-refractivity contribution in [3.8, 4) is 17.2 Å². The van der Waals surface area contributed by atoms with Crippen LogP contribution in [0.5, 0.6) is 11.5 Å². The molecule has 0 saturated heterocycles. The van der Waals surface area contributed by atoms with Crippen LogP contribution in [0.15, 0.2) is 41.3 Å². The third-order valence-electron chi connectivity index (χ3n) is 5.09. The molecule has 2 aromatic heterocycles. The Morgan fingerprint density at radius 1 is 1.17 bits per heavy atom. The fraction of sp³-hybridized carbons (Fsp3) is 0.318. The number of rotatable bonds is 5. The summed E-state index contributed by atoms with van der Waals surface area (Å²) in [4.78, 5) is 26.1. The fourth-order valence-electron chi connectivity index (χ4n) is 3.60. The Balaban J connectivity index is 1.59. The molecule has 0 radical (unpaired) electrons. The SMILES string of the molecule is Cc1cc(C)n(CC(C)NC(=O)c2c(C)ccn(-c3ccc4c(c3)OCO4)c2=O)n1. The van der Waals surface area contributed by atoms with Gasteiger partial charge in [-0.3, -0.25) is 18.8 Å². The summed E-state index contributed by atoms with van der Waals surface area (Å²) in [5, 5.41) is 7.35. The number of pyridine rings is 1. The van der Waals surface area contributed by atoms with Crippen molar-refractivity contribution in [2.75, 3.05) is 6.79 Å². The smallest absolute Gasteiger partial charge is 0.268 e. The number of aromatic nitrogens is 3. The van der Waals surface area contributed by atoms with Crippen LogP contribution in [0.1, 0.15) is 34.2 Å². The van der Waals surface area contributed by atoms with E-state index in [1.54, 1.807) is 37.4 Å². The molecule has 0 bridgehead atoms. The summed E-state index contributed by atoms with van der Waals surface area (Å²) in [6.07, 6.45) is 1.66. The van der Waals surface area contributed by atoms with Crippen LogP contribution < -0.4 is 20.3 Å². The van der Waals surface area contributed by atoms with Crippen LogP contribution >= 0.6 is 0 Å². The summed E-state index contributed by atoms with van der Waals surface area (Å²) in [6.45, 7) is 8.23. The average molecular weight is 408 g/mol. The predicted molar refractivity (Wildman–Crippen MR) is 112 cm³/mol. The molecule has 30 heavy (non-hydrogen) atoms. The number of carbonyl (C=O) groups is 1. The maximum Gasteiger partial charge on any atom is 0.268 e. The zero-order chi connectivity index (χ0) is 21.4. The van der Waals surface area contributed by atoms with Crippen LogP contribution in [0.3, 0.4) is 0 Å². The number of nitrogens with one attached hydrogen (secondary N) is 1. The maximum atomic E-state index is 13.1. The van der Waals surface area contributed by atoms with Crippen molar-refractivity contribution in [3.05, 3.63) is 69.4 Å². The average Bonchev–Trinajstić information content (AvgIpc) is 3.27. The fourth-order valence-corrected chi connectivity index (χ4v) is 3.60. The molecule has 0 aliphatic carbocycles. The van der Waals surface area contributed by atoms with Gasteiger partial charge in [-0.25, -0.2) is 0 Å². The normalized spacial score (nSPS) is 13.3. The maximum absolute atomic E-state index is 13.1. The molecule has 3 aromatic rings. The van der Waals surface area contributed by atoms with Gasteiger partial charge >= 0.3 is 0 Å². The minimum atomic E-state index is -0.401. The first kappa shape index (κ1) is 19.8. The lowest BCUT2D eigenvalue weighted by molar-refractivity contribution is 0.0933. The van der Waals surface area contributed by atoms with Crippen LogP contribution in [-0.2, 0) is 6.54 Å². The number of hydrogen-bond donors (Lipinski definition) is 1. The number of benzene rings is 1. The molecule has 1 unspecified atom stereocenters. The molecular weight excluding hydrogens is 384 g/mol. The van der Waals surface area contributed by atoms with E-state index >= 15 is 0 Å². The monoisotopic (exact) mass is 408 g/mol. The summed E-state index contributed by atoms with van der Waals surface area (Å²) in [5.41, 5.74) is 2.91. The minimum Gasteiger partial charge on any atom is -0.454 e. The molecule has 3 heterocycles. The molecule has 1 aliphatic rings. The minimum absolute atomic E-state index is 0.121. The third kappa shape index (κ3) is 3.68. The highest BCUT2D eigenvalue weighted by atomic mass is 16.7. The van der Waals surface area contributed by atoms with Crippen LogP contribution in [0.2, 0.25) is 0 Å². The molecule has 0 saturated carbocycles. The van der Waals surface area contributed by atoms with Crippen LogP contribution in [0.25, 0.3) is 5.69 Å². The first-order valence-corrected chi connectivity index (χ1v) is 9.77. The second kappa shape index (κ2) is 7.70. The highest BCUT2D eigenvalue weighted by molar-refractivity contribution is 5.95. The Morgan fingerprint density at radius 3 is 2.67 bits per heavy atom. The zero-order valence-electron chi connectivity index (χ0n) is 17.4. The highest BCUT2D eigenvalue weighted by Gasteiger charge is 2.20. The van der Waals surface area contributed by atoms with Gasteiger partial charge in [0.25, 0.3) is 11.5 Å². The number of ether oxygens (including phenoxy) is 2. The molecule has 0 spiro atoms. The van der Waals surface area contributed by atoms with Gasteiger partial charge in [0.05, 0.1) is 17.9 Å². The van der Waals surface area contributed by atoms with Gasteiger partial charge in [0.1, 0.15) is 5.56 Å². The van der Waals surface area contributed by atoms with E-state index in [1.807, 2.05) is 31.5 Å². The van der Waals surface area contributed by atoms with Gasteiger partial charge in [-0.2, -0.15) is 5.10 Å². The number of fused-ring (bicyclic) bond motifs is 1. The van der Waals surface area contributed by atoms with Crippen molar-refractivity contribution in [1.82, 2.24) is 19.7 Å². The van der Waals surface area contributed by atoms with Gasteiger partial charge in [-0.05, 0) is 57.5 Å². The van der Waals surface area contributed by atoms with Crippen molar-refractivity contribution in [1.29, 1.82) is 0 Å². The quantitative estimate of drug-likeness (QED) is 0.701. The first-order valence-electron chi connectivity index (χ1n) is 9.77. The van der Waals surface area contributed by atoms with Gasteiger partial charge in [-0.1, -0.05) is 0 Å². The molecule has 1 amide bonds. The lowest BCUT2D eigenvalue weighted by atomic mass is 10.1. The van der Waals surface area contributed by atoms with Gasteiger partial charge < -0.3 is 14.8 Å². The molecule has 4 rings (SSSR count). The lowest BCUT2D eigenvalue weighted by Crippen LogP contribution is -2.40. The number of amides is 1. The Bertz CT molecular complexity index is 1180. The first-order chi connectivity index (χ1) is 14.3. The van der Waals surface area contributed by atoms with Crippen LogP contribution in [-0.4, -0.2) is 33.1 Å². The number of hydrogen-bond acceptors (Lipinski definition) is 5. The summed E-state index contributed by atoms with van der Waals surface area (Å²) >= 11 is 0. The van der Waals surface area contributed by atoms with E-state index in [-0.39, 0.29) is 24.0 Å². The predicted octanol–water partition coefficient (Wildman–Crippen LogP) is 2.51. The van der Waals surface area contributed by atoms with Gasteiger partial charge in [0, 0.05) is 24.0 Å². The second-order valence-electron chi connectivity index (χ2n) is 7.57. The van der Waals surface area contributed by atoms with Gasteiger partial charge in [0.2, 0.25) is 6.79 Å². The van der Waals surface area contributed by atoms with Crippen molar-refractivity contribution in [2.24, 2.45) is 0 Å². The Labute approximate surface area is 174 Å². The van der Waals surface area contributed by atoms with Crippen LogP contribution in [0, 0.1) is 20.8 Å². The summed E-state index contributed by atoms with van der Waals surface area (Å²) in [6, 6.07) is 8.78. The van der Waals surface area contributed by atoms with Crippen molar-refractivity contribution in [2.45, 2.75) is 40.3 Å². The highest BCUT2D eigenvalue weighted by Crippen LogP contribution is 2.33. The molecule has 8 heteroatoms. The number of nitrogens with zero attached hydrogens (tertiary/aromatic N) is 3. The van der Waals surface area contributed by atoms with Crippen molar-refractivity contribution in [3.63, 3.8) is 0 Å². The molecule has 1 atom stereocenters. The number of carbonyl (C=O) groups excluding carboxylic acids is 1. The molecular formula is C22H24N4O4. The van der Waals surface area contributed by atoms with E-state index < -0.39 is 5.91 Å². The third-order valence-corrected chi connectivity index (χ3v) is 5.09. The second-order valence-corrected chi connectivity index (χ2v) is 7.57. The van der Waals surface area contributed by atoms with E-state index in [9.17, 15) is 9.59 Å².